The fraction of sp³-hybridized carbons (Fsp3) is 0.316. The van der Waals surface area contributed by atoms with Crippen LogP contribution >= 0.6 is 23.7 Å². The molecule has 1 amide bonds. The second kappa shape index (κ2) is 9.12. The van der Waals surface area contributed by atoms with E-state index in [1.807, 2.05) is 43.6 Å². The molecule has 0 aliphatic carbocycles. The maximum atomic E-state index is 12.7. The fourth-order valence-corrected chi connectivity index (χ4v) is 3.79. The lowest BCUT2D eigenvalue weighted by atomic mass is 10.1. The Balaban J connectivity index is 0.00000261. The van der Waals surface area contributed by atoms with Gasteiger partial charge in [-0.1, -0.05) is 44.2 Å². The molecule has 2 N–H and O–H groups in total. The summed E-state index contributed by atoms with van der Waals surface area (Å²) >= 11 is 1.53. The van der Waals surface area contributed by atoms with Crippen molar-refractivity contribution in [2.24, 2.45) is 7.05 Å². The van der Waals surface area contributed by atoms with Gasteiger partial charge in [0.05, 0.1) is 11.9 Å². The summed E-state index contributed by atoms with van der Waals surface area (Å²) in [5.74, 6) is 0.177. The highest BCUT2D eigenvalue weighted by atomic mass is 35.5. The standard InChI is InChI=1S/C19H23N5OS.ClH/c1-12(2)17-15(13-8-6-5-7-9-13)22-19(26-17)23-18(25)16(20-3)14-10-21-24(4)11-14;/h5-12,16,20H,1-4H3,(H,22,23,25);1H. The number of aromatic nitrogens is 3. The summed E-state index contributed by atoms with van der Waals surface area (Å²) in [7, 11) is 3.59. The van der Waals surface area contributed by atoms with Gasteiger partial charge in [-0.05, 0) is 13.0 Å². The van der Waals surface area contributed by atoms with E-state index >= 15 is 0 Å². The number of nitrogens with one attached hydrogen (secondary N) is 2. The summed E-state index contributed by atoms with van der Waals surface area (Å²) in [4.78, 5) is 18.6. The quantitative estimate of drug-likeness (QED) is 0.650. The van der Waals surface area contributed by atoms with Crippen molar-refractivity contribution in [1.82, 2.24) is 20.1 Å². The average Bonchev–Trinajstić information content (AvgIpc) is 3.23. The molecule has 0 saturated carbocycles. The van der Waals surface area contributed by atoms with Gasteiger partial charge in [0.1, 0.15) is 6.04 Å². The molecule has 0 spiro atoms. The van der Waals surface area contributed by atoms with E-state index in [1.54, 1.807) is 17.9 Å². The van der Waals surface area contributed by atoms with E-state index in [4.69, 9.17) is 4.98 Å². The van der Waals surface area contributed by atoms with Gasteiger partial charge in [0, 0.05) is 29.2 Å². The lowest BCUT2D eigenvalue weighted by molar-refractivity contribution is -0.118. The molecule has 6 nitrogen and oxygen atoms in total. The Kier molecular flexibility index (Phi) is 7.12. The minimum atomic E-state index is -0.477. The second-order valence-electron chi connectivity index (χ2n) is 6.41. The van der Waals surface area contributed by atoms with Gasteiger partial charge in [-0.3, -0.25) is 9.48 Å². The molecule has 2 aromatic heterocycles. The number of hydrogen-bond donors (Lipinski definition) is 2. The molecular weight excluding hydrogens is 382 g/mol. The summed E-state index contributed by atoms with van der Waals surface area (Å²) in [6, 6.07) is 9.58. The second-order valence-corrected chi connectivity index (χ2v) is 7.44. The van der Waals surface area contributed by atoms with Crippen molar-refractivity contribution in [2.45, 2.75) is 25.8 Å². The highest BCUT2D eigenvalue weighted by Gasteiger charge is 2.23. The maximum absolute atomic E-state index is 12.7. The van der Waals surface area contributed by atoms with E-state index < -0.39 is 6.04 Å². The van der Waals surface area contributed by atoms with E-state index in [2.05, 4.69) is 29.6 Å². The van der Waals surface area contributed by atoms with Gasteiger partial charge < -0.3 is 10.6 Å². The van der Waals surface area contributed by atoms with Gasteiger partial charge in [-0.15, -0.1) is 23.7 Å². The lowest BCUT2D eigenvalue weighted by Crippen LogP contribution is -2.30. The summed E-state index contributed by atoms with van der Waals surface area (Å²) < 4.78 is 1.68. The van der Waals surface area contributed by atoms with Crippen LogP contribution in [0.5, 0.6) is 0 Å². The van der Waals surface area contributed by atoms with Crippen molar-refractivity contribution in [2.75, 3.05) is 12.4 Å². The Bertz CT molecular complexity index is 891. The van der Waals surface area contributed by atoms with Crippen LogP contribution in [-0.2, 0) is 11.8 Å². The van der Waals surface area contributed by atoms with E-state index in [1.165, 1.54) is 11.3 Å². The number of thiazole rings is 1. The normalized spacial score (nSPS) is 11.9. The number of carbonyl (C=O) groups excluding carboxylic acids is 1. The number of halogens is 1. The predicted molar refractivity (Wildman–Crippen MR) is 113 cm³/mol. The van der Waals surface area contributed by atoms with Crippen LogP contribution in [0.1, 0.15) is 36.2 Å². The van der Waals surface area contributed by atoms with Crippen molar-refractivity contribution in [3.05, 3.63) is 53.2 Å². The molecule has 1 aromatic carbocycles. The molecule has 0 saturated heterocycles. The Morgan fingerprint density at radius 1 is 1.22 bits per heavy atom. The topological polar surface area (TPSA) is 71.8 Å². The van der Waals surface area contributed by atoms with E-state index in [9.17, 15) is 4.79 Å². The van der Waals surface area contributed by atoms with Crippen molar-refractivity contribution < 1.29 is 4.79 Å². The molecule has 0 fully saturated rings. The lowest BCUT2D eigenvalue weighted by Gasteiger charge is -2.13. The minimum Gasteiger partial charge on any atom is -0.305 e. The summed E-state index contributed by atoms with van der Waals surface area (Å²) in [6.45, 7) is 4.27. The molecule has 0 aliphatic rings. The minimum absolute atomic E-state index is 0. The molecule has 8 heteroatoms. The third-order valence-corrected chi connectivity index (χ3v) is 5.34. The third kappa shape index (κ3) is 4.74. The third-order valence-electron chi connectivity index (χ3n) is 4.06. The molecule has 0 bridgehead atoms. The molecule has 1 atom stereocenters. The first kappa shape index (κ1) is 21.1. The number of benzene rings is 1. The number of nitrogens with zero attached hydrogens (tertiary/aromatic N) is 3. The van der Waals surface area contributed by atoms with Gasteiger partial charge in [0.25, 0.3) is 0 Å². The number of anilines is 1. The van der Waals surface area contributed by atoms with Crippen LogP contribution < -0.4 is 10.6 Å². The van der Waals surface area contributed by atoms with Gasteiger partial charge in [-0.2, -0.15) is 5.10 Å². The van der Waals surface area contributed by atoms with Gasteiger partial charge in [0.15, 0.2) is 5.13 Å². The van der Waals surface area contributed by atoms with E-state index in [0.717, 1.165) is 21.7 Å². The molecule has 0 aliphatic heterocycles. The number of carbonyl (C=O) groups is 1. The Morgan fingerprint density at radius 2 is 1.93 bits per heavy atom. The first-order valence-electron chi connectivity index (χ1n) is 8.52. The summed E-state index contributed by atoms with van der Waals surface area (Å²) in [6.07, 6.45) is 3.52. The van der Waals surface area contributed by atoms with Gasteiger partial charge in [-0.25, -0.2) is 4.98 Å². The SMILES string of the molecule is CNC(C(=O)Nc1nc(-c2ccccc2)c(C(C)C)s1)c1cnn(C)c1.Cl. The van der Waals surface area contributed by atoms with Crippen LogP contribution in [0.15, 0.2) is 42.7 Å². The number of amides is 1. The largest absolute Gasteiger partial charge is 0.305 e. The molecule has 3 aromatic rings. The Labute approximate surface area is 169 Å². The van der Waals surface area contributed by atoms with E-state index in [-0.39, 0.29) is 18.3 Å². The molecule has 144 valence electrons. The number of likely N-dealkylation sites (N-methyl/N-ethyl adjacent to an activating group) is 1. The van der Waals surface area contributed by atoms with Crippen LogP contribution in [0.2, 0.25) is 0 Å². The zero-order valence-electron chi connectivity index (χ0n) is 15.8. The molecule has 1 unspecified atom stereocenters. The smallest absolute Gasteiger partial charge is 0.247 e. The van der Waals surface area contributed by atoms with Gasteiger partial charge >= 0.3 is 0 Å². The monoisotopic (exact) mass is 405 g/mol. The first-order valence-corrected chi connectivity index (χ1v) is 9.34. The van der Waals surface area contributed by atoms with Crippen LogP contribution in [0.25, 0.3) is 11.3 Å². The Morgan fingerprint density at radius 3 is 2.48 bits per heavy atom. The number of rotatable bonds is 6. The van der Waals surface area contributed by atoms with Crippen molar-refractivity contribution >= 4 is 34.8 Å². The Hall–Kier alpha value is -2.22. The van der Waals surface area contributed by atoms with Crippen LogP contribution in [-0.4, -0.2) is 27.7 Å². The zero-order chi connectivity index (χ0) is 18.7. The molecular formula is C19H24ClN5OS. The van der Waals surface area contributed by atoms with Crippen LogP contribution in [0.4, 0.5) is 5.13 Å². The number of hydrogen-bond acceptors (Lipinski definition) is 5. The molecule has 3 rings (SSSR count). The highest BCUT2D eigenvalue weighted by Crippen LogP contribution is 2.36. The summed E-state index contributed by atoms with van der Waals surface area (Å²) in [5.41, 5.74) is 2.81. The zero-order valence-corrected chi connectivity index (χ0v) is 17.4. The van der Waals surface area contributed by atoms with Crippen LogP contribution in [0, 0.1) is 0 Å². The van der Waals surface area contributed by atoms with Gasteiger partial charge in [0.2, 0.25) is 5.91 Å². The fourth-order valence-electron chi connectivity index (χ4n) is 2.80. The average molecular weight is 406 g/mol. The van der Waals surface area contributed by atoms with Crippen molar-refractivity contribution in [1.29, 1.82) is 0 Å². The molecule has 2 heterocycles. The molecule has 0 radical (unpaired) electrons. The summed E-state index contributed by atoms with van der Waals surface area (Å²) in [5, 5.41) is 10.7. The maximum Gasteiger partial charge on any atom is 0.247 e. The van der Waals surface area contributed by atoms with Crippen molar-refractivity contribution in [3.63, 3.8) is 0 Å². The molecule has 27 heavy (non-hydrogen) atoms. The number of aryl methyl sites for hydroxylation is 1. The predicted octanol–water partition coefficient (Wildman–Crippen LogP) is 3.99. The van der Waals surface area contributed by atoms with Crippen molar-refractivity contribution in [3.8, 4) is 11.3 Å². The van der Waals surface area contributed by atoms with E-state index in [0.29, 0.717) is 11.0 Å². The highest BCUT2D eigenvalue weighted by molar-refractivity contribution is 7.16. The first-order chi connectivity index (χ1) is 12.5. The van der Waals surface area contributed by atoms with Crippen LogP contribution in [0.3, 0.4) is 0 Å².